The summed E-state index contributed by atoms with van der Waals surface area (Å²) in [5, 5.41) is 8.50. The van der Waals surface area contributed by atoms with Crippen molar-refractivity contribution in [3.05, 3.63) is 0 Å². The zero-order valence-corrected chi connectivity index (χ0v) is 8.74. The highest BCUT2D eigenvalue weighted by molar-refractivity contribution is 5.78. The standard InChI is InChI=1S/C10H16O4/c1-10(2,3)14-9(13)7-4-6(7)5-8(11)12/h6-7H,4-5H2,1-3H3,(H,11,12)/t6-,7-/m0/s1. The number of esters is 1. The van der Waals surface area contributed by atoms with E-state index in [2.05, 4.69) is 0 Å². The maximum absolute atomic E-state index is 11.4. The molecule has 1 rings (SSSR count). The quantitative estimate of drug-likeness (QED) is 0.700. The first-order chi connectivity index (χ1) is 6.29. The minimum absolute atomic E-state index is 0.0117. The molecule has 0 radical (unpaired) electrons. The van der Waals surface area contributed by atoms with E-state index in [4.69, 9.17) is 9.84 Å². The van der Waals surface area contributed by atoms with Crippen molar-refractivity contribution in [1.82, 2.24) is 0 Å². The molecule has 80 valence electrons. The van der Waals surface area contributed by atoms with Gasteiger partial charge in [-0.15, -0.1) is 0 Å². The van der Waals surface area contributed by atoms with Crippen LogP contribution < -0.4 is 0 Å². The maximum Gasteiger partial charge on any atom is 0.309 e. The monoisotopic (exact) mass is 200 g/mol. The van der Waals surface area contributed by atoms with E-state index >= 15 is 0 Å². The zero-order chi connectivity index (χ0) is 10.9. The summed E-state index contributed by atoms with van der Waals surface area (Å²) in [6, 6.07) is 0. The van der Waals surface area contributed by atoms with Gasteiger partial charge < -0.3 is 9.84 Å². The highest BCUT2D eigenvalue weighted by atomic mass is 16.6. The van der Waals surface area contributed by atoms with Gasteiger partial charge in [0.2, 0.25) is 0 Å². The van der Waals surface area contributed by atoms with Gasteiger partial charge in [-0.25, -0.2) is 0 Å². The molecule has 0 unspecified atom stereocenters. The number of carbonyl (C=O) groups excluding carboxylic acids is 1. The van der Waals surface area contributed by atoms with Crippen LogP contribution in [0.5, 0.6) is 0 Å². The van der Waals surface area contributed by atoms with Crippen LogP contribution in [0.2, 0.25) is 0 Å². The van der Waals surface area contributed by atoms with Gasteiger partial charge in [0, 0.05) is 6.42 Å². The van der Waals surface area contributed by atoms with E-state index < -0.39 is 11.6 Å². The molecule has 4 heteroatoms. The van der Waals surface area contributed by atoms with E-state index in [9.17, 15) is 9.59 Å². The Bertz CT molecular complexity index is 251. The predicted molar refractivity (Wildman–Crippen MR) is 49.7 cm³/mol. The van der Waals surface area contributed by atoms with E-state index in [0.717, 1.165) is 0 Å². The minimum Gasteiger partial charge on any atom is -0.481 e. The number of hydrogen-bond acceptors (Lipinski definition) is 3. The Morgan fingerprint density at radius 2 is 2.00 bits per heavy atom. The van der Waals surface area contributed by atoms with Gasteiger partial charge in [-0.2, -0.15) is 0 Å². The number of ether oxygens (including phenoxy) is 1. The van der Waals surface area contributed by atoms with Crippen LogP contribution in [0, 0.1) is 11.8 Å². The molecule has 0 aromatic carbocycles. The molecular weight excluding hydrogens is 184 g/mol. The van der Waals surface area contributed by atoms with Gasteiger partial charge in [0.1, 0.15) is 5.60 Å². The van der Waals surface area contributed by atoms with Crippen LogP contribution in [0.25, 0.3) is 0 Å². The second-order valence-corrected chi connectivity index (χ2v) is 4.73. The Morgan fingerprint density at radius 1 is 1.43 bits per heavy atom. The van der Waals surface area contributed by atoms with Crippen molar-refractivity contribution in [1.29, 1.82) is 0 Å². The second kappa shape index (κ2) is 3.59. The van der Waals surface area contributed by atoms with Crippen LogP contribution in [0.1, 0.15) is 33.6 Å². The van der Waals surface area contributed by atoms with Crippen LogP contribution in [-0.4, -0.2) is 22.6 Å². The molecule has 14 heavy (non-hydrogen) atoms. The van der Waals surface area contributed by atoms with E-state index in [0.29, 0.717) is 6.42 Å². The Morgan fingerprint density at radius 3 is 2.43 bits per heavy atom. The Kier molecular flexibility index (Phi) is 2.83. The average Bonchev–Trinajstić information content (AvgIpc) is 2.61. The SMILES string of the molecule is CC(C)(C)OC(=O)[C@H]1C[C@H]1CC(=O)O. The maximum atomic E-state index is 11.4. The Balaban J connectivity index is 2.33. The minimum atomic E-state index is -0.846. The predicted octanol–water partition coefficient (Wildman–Crippen LogP) is 1.44. The van der Waals surface area contributed by atoms with E-state index in [-0.39, 0.29) is 24.2 Å². The molecular formula is C10H16O4. The number of hydrogen-bond donors (Lipinski definition) is 1. The summed E-state index contributed by atoms with van der Waals surface area (Å²) in [5.41, 5.74) is -0.479. The fourth-order valence-corrected chi connectivity index (χ4v) is 1.36. The third kappa shape index (κ3) is 3.36. The highest BCUT2D eigenvalue weighted by Crippen LogP contribution is 2.42. The molecule has 4 nitrogen and oxygen atoms in total. The number of aliphatic carboxylic acids is 1. The number of rotatable bonds is 3. The molecule has 1 saturated carbocycles. The summed E-state index contributed by atoms with van der Waals surface area (Å²) in [6.07, 6.45) is 0.727. The number of carbonyl (C=O) groups is 2. The van der Waals surface area contributed by atoms with E-state index in [1.807, 2.05) is 0 Å². The van der Waals surface area contributed by atoms with Gasteiger partial charge in [-0.05, 0) is 33.1 Å². The molecule has 1 N–H and O–H groups in total. The molecule has 0 spiro atoms. The smallest absolute Gasteiger partial charge is 0.309 e. The Labute approximate surface area is 83.2 Å². The fraction of sp³-hybridized carbons (Fsp3) is 0.800. The molecule has 0 aliphatic heterocycles. The molecule has 0 aromatic rings. The van der Waals surface area contributed by atoms with E-state index in [1.165, 1.54) is 0 Å². The molecule has 1 aliphatic carbocycles. The molecule has 0 bridgehead atoms. The van der Waals surface area contributed by atoms with Gasteiger partial charge in [0.25, 0.3) is 0 Å². The van der Waals surface area contributed by atoms with Crippen LogP contribution in [0.3, 0.4) is 0 Å². The summed E-state index contributed by atoms with van der Waals surface area (Å²) in [4.78, 5) is 21.7. The van der Waals surface area contributed by atoms with Crippen LogP contribution in [0.4, 0.5) is 0 Å². The Hall–Kier alpha value is -1.06. The third-order valence-corrected chi connectivity index (χ3v) is 2.07. The topological polar surface area (TPSA) is 63.6 Å². The molecule has 0 heterocycles. The average molecular weight is 200 g/mol. The van der Waals surface area contributed by atoms with Gasteiger partial charge in [-0.3, -0.25) is 9.59 Å². The second-order valence-electron chi connectivity index (χ2n) is 4.73. The lowest BCUT2D eigenvalue weighted by Gasteiger charge is -2.19. The number of carboxylic acids is 1. The largest absolute Gasteiger partial charge is 0.481 e. The van der Waals surface area contributed by atoms with Gasteiger partial charge in [-0.1, -0.05) is 0 Å². The number of carboxylic acid groups (broad SMARTS) is 1. The van der Waals surface area contributed by atoms with Crippen LogP contribution in [-0.2, 0) is 14.3 Å². The highest BCUT2D eigenvalue weighted by Gasteiger charge is 2.46. The third-order valence-electron chi connectivity index (χ3n) is 2.07. The normalized spacial score (nSPS) is 25.6. The van der Waals surface area contributed by atoms with Crippen molar-refractivity contribution >= 4 is 11.9 Å². The van der Waals surface area contributed by atoms with Crippen molar-refractivity contribution in [3.8, 4) is 0 Å². The van der Waals surface area contributed by atoms with Gasteiger partial charge in [0.15, 0.2) is 0 Å². The van der Waals surface area contributed by atoms with Crippen molar-refractivity contribution in [2.24, 2.45) is 11.8 Å². The van der Waals surface area contributed by atoms with Crippen molar-refractivity contribution < 1.29 is 19.4 Å². The van der Waals surface area contributed by atoms with Crippen LogP contribution in [0.15, 0.2) is 0 Å². The summed E-state index contributed by atoms with van der Waals surface area (Å²) < 4.78 is 5.14. The summed E-state index contributed by atoms with van der Waals surface area (Å²) in [7, 11) is 0. The van der Waals surface area contributed by atoms with Crippen LogP contribution >= 0.6 is 0 Å². The fourth-order valence-electron chi connectivity index (χ4n) is 1.36. The van der Waals surface area contributed by atoms with Crippen molar-refractivity contribution in [3.63, 3.8) is 0 Å². The molecule has 2 atom stereocenters. The molecule has 0 amide bonds. The lowest BCUT2D eigenvalue weighted by molar-refractivity contribution is -0.156. The molecule has 1 aliphatic rings. The van der Waals surface area contributed by atoms with Gasteiger partial charge >= 0.3 is 11.9 Å². The van der Waals surface area contributed by atoms with Gasteiger partial charge in [0.05, 0.1) is 5.92 Å². The van der Waals surface area contributed by atoms with E-state index in [1.54, 1.807) is 20.8 Å². The van der Waals surface area contributed by atoms with Crippen molar-refractivity contribution in [2.75, 3.05) is 0 Å². The first kappa shape index (κ1) is 11.0. The molecule has 1 fully saturated rings. The lowest BCUT2D eigenvalue weighted by Crippen LogP contribution is -2.25. The molecule has 0 aromatic heterocycles. The zero-order valence-electron chi connectivity index (χ0n) is 8.74. The van der Waals surface area contributed by atoms with Crippen molar-refractivity contribution in [2.45, 2.75) is 39.2 Å². The first-order valence-electron chi connectivity index (χ1n) is 4.74. The summed E-state index contributed by atoms with van der Waals surface area (Å²) in [5.74, 6) is -1.31. The summed E-state index contributed by atoms with van der Waals surface area (Å²) in [6.45, 7) is 5.42. The first-order valence-corrected chi connectivity index (χ1v) is 4.74. The molecule has 0 saturated heterocycles. The lowest BCUT2D eigenvalue weighted by atomic mass is 10.2. The summed E-state index contributed by atoms with van der Waals surface area (Å²) >= 11 is 0.